The van der Waals surface area contributed by atoms with Crippen molar-refractivity contribution in [1.29, 1.82) is 0 Å². The lowest BCUT2D eigenvalue weighted by molar-refractivity contribution is 0.0744. The van der Waals surface area contributed by atoms with E-state index in [1.54, 1.807) is 4.90 Å². The maximum Gasteiger partial charge on any atom is 0.257 e. The van der Waals surface area contributed by atoms with Gasteiger partial charge in [0, 0.05) is 25.2 Å². The number of halogens is 1. The molecule has 2 fully saturated rings. The van der Waals surface area contributed by atoms with Crippen LogP contribution in [0.1, 0.15) is 29.6 Å². The molecule has 2 aliphatic heterocycles. The van der Waals surface area contributed by atoms with Gasteiger partial charge in [0.15, 0.2) is 0 Å². The van der Waals surface area contributed by atoms with E-state index >= 15 is 0 Å². The number of primary sulfonamides is 1. The summed E-state index contributed by atoms with van der Waals surface area (Å²) in [5, 5.41) is 8.68. The molecule has 1 aromatic carbocycles. The summed E-state index contributed by atoms with van der Waals surface area (Å²) in [6, 6.07) is 4.88. The van der Waals surface area contributed by atoms with Gasteiger partial charge in [0.05, 0.1) is 17.6 Å². The molecule has 3 rings (SSSR count). The minimum Gasteiger partial charge on any atom is -0.496 e. The first kappa shape index (κ1) is 19.0. The molecule has 1 aromatic rings. The van der Waals surface area contributed by atoms with E-state index in [0.29, 0.717) is 30.9 Å². The van der Waals surface area contributed by atoms with Gasteiger partial charge in [-0.25, -0.2) is 13.6 Å². The molecule has 2 unspecified atom stereocenters. The van der Waals surface area contributed by atoms with Gasteiger partial charge in [0.1, 0.15) is 5.75 Å². The van der Waals surface area contributed by atoms with Crippen LogP contribution in [-0.2, 0) is 10.0 Å². The predicted octanol–water partition coefficient (Wildman–Crippen LogP) is 0.731. The lowest BCUT2D eigenvalue weighted by atomic mass is 10.1. The zero-order valence-electron chi connectivity index (χ0n) is 13.4. The largest absolute Gasteiger partial charge is 0.496 e. The van der Waals surface area contributed by atoms with Crippen molar-refractivity contribution in [3.05, 3.63) is 23.8 Å². The monoisotopic (exact) mass is 375 g/mol. The average molecular weight is 376 g/mol. The molecule has 2 saturated heterocycles. The first-order valence-electron chi connectivity index (χ1n) is 7.64. The van der Waals surface area contributed by atoms with Crippen LogP contribution in [0.4, 0.5) is 0 Å². The minimum absolute atomic E-state index is 0. The average Bonchev–Trinajstić information content (AvgIpc) is 2.84. The topological polar surface area (TPSA) is 102 Å². The molecular formula is C15H22ClN3O4S. The smallest absolute Gasteiger partial charge is 0.257 e. The van der Waals surface area contributed by atoms with Crippen molar-refractivity contribution >= 4 is 28.3 Å². The fourth-order valence-electron chi connectivity index (χ4n) is 3.33. The molecule has 134 valence electrons. The third-order valence-corrected chi connectivity index (χ3v) is 5.45. The number of hydrogen-bond acceptors (Lipinski definition) is 5. The number of carbonyl (C=O) groups excluding carboxylic acids is 1. The lowest BCUT2D eigenvalue weighted by Crippen LogP contribution is -2.39. The van der Waals surface area contributed by atoms with Crippen molar-refractivity contribution in [3.8, 4) is 5.75 Å². The van der Waals surface area contributed by atoms with E-state index in [1.807, 2.05) is 0 Å². The van der Waals surface area contributed by atoms with E-state index in [9.17, 15) is 13.2 Å². The van der Waals surface area contributed by atoms with Crippen molar-refractivity contribution < 1.29 is 17.9 Å². The second-order valence-corrected chi connectivity index (χ2v) is 7.65. The highest BCUT2D eigenvalue weighted by Crippen LogP contribution is 2.26. The number of nitrogens with zero attached hydrogens (tertiary/aromatic N) is 1. The maximum atomic E-state index is 12.9. The highest BCUT2D eigenvalue weighted by molar-refractivity contribution is 7.89. The number of fused-ring (bicyclic) bond motifs is 2. The number of amides is 1. The fourth-order valence-corrected chi connectivity index (χ4v) is 3.87. The van der Waals surface area contributed by atoms with E-state index in [1.165, 1.54) is 25.3 Å². The summed E-state index contributed by atoms with van der Waals surface area (Å²) in [6.07, 6.45) is 3.11. The number of nitrogens with two attached hydrogens (primary N) is 1. The molecule has 2 atom stereocenters. The molecule has 24 heavy (non-hydrogen) atoms. The number of likely N-dealkylation sites (tertiary alicyclic amines) is 1. The molecule has 2 bridgehead atoms. The van der Waals surface area contributed by atoms with Gasteiger partial charge >= 0.3 is 0 Å². The standard InChI is InChI=1S/C15H21N3O4S.ClH/c1-22-14-5-4-12(23(16,20)21)8-13(14)15(19)18-7-6-10-2-3-11(9-18)17-10;/h4-5,8,10-11,17H,2-3,6-7,9H2,1H3,(H2,16,20,21);1H. The number of benzene rings is 1. The highest BCUT2D eigenvalue weighted by Gasteiger charge is 2.32. The Hall–Kier alpha value is -1.35. The van der Waals surface area contributed by atoms with E-state index in [0.717, 1.165) is 19.3 Å². The van der Waals surface area contributed by atoms with Crippen molar-refractivity contribution in [2.45, 2.75) is 36.2 Å². The predicted molar refractivity (Wildman–Crippen MR) is 92.1 cm³/mol. The number of ether oxygens (including phenoxy) is 1. The Morgan fingerprint density at radius 2 is 2.00 bits per heavy atom. The van der Waals surface area contributed by atoms with E-state index < -0.39 is 10.0 Å². The number of methoxy groups -OCH3 is 1. The molecular weight excluding hydrogens is 354 g/mol. The summed E-state index contributed by atoms with van der Waals surface area (Å²) in [5.74, 6) is 0.131. The van der Waals surface area contributed by atoms with Crippen LogP contribution < -0.4 is 15.2 Å². The molecule has 0 radical (unpaired) electrons. The fraction of sp³-hybridized carbons (Fsp3) is 0.533. The van der Waals surface area contributed by atoms with Gasteiger partial charge < -0.3 is 15.0 Å². The number of carbonyl (C=O) groups is 1. The zero-order chi connectivity index (χ0) is 16.6. The van der Waals surface area contributed by atoms with E-state index in [-0.39, 0.29) is 28.8 Å². The summed E-state index contributed by atoms with van der Waals surface area (Å²) in [5.41, 5.74) is 0.233. The normalized spacial score (nSPS) is 23.3. The summed E-state index contributed by atoms with van der Waals surface area (Å²) < 4.78 is 28.3. The SMILES string of the molecule is COc1ccc(S(N)(=O)=O)cc1C(=O)N1CCC2CCC(C1)N2.Cl. The van der Waals surface area contributed by atoms with Crippen molar-refractivity contribution in [2.24, 2.45) is 5.14 Å². The Morgan fingerprint density at radius 1 is 1.29 bits per heavy atom. The van der Waals surface area contributed by atoms with Crippen LogP contribution in [0.2, 0.25) is 0 Å². The van der Waals surface area contributed by atoms with Crippen LogP contribution in [-0.4, -0.2) is 51.5 Å². The molecule has 2 heterocycles. The first-order valence-corrected chi connectivity index (χ1v) is 9.19. The molecule has 3 N–H and O–H groups in total. The maximum absolute atomic E-state index is 12.9. The van der Waals surface area contributed by atoms with Gasteiger partial charge in [-0.05, 0) is 37.5 Å². The van der Waals surface area contributed by atoms with Gasteiger partial charge in [0.2, 0.25) is 10.0 Å². The molecule has 7 nitrogen and oxygen atoms in total. The molecule has 0 spiro atoms. The van der Waals surface area contributed by atoms with E-state index in [4.69, 9.17) is 9.88 Å². The number of hydrogen-bond donors (Lipinski definition) is 2. The second kappa shape index (κ2) is 7.26. The molecule has 0 saturated carbocycles. The minimum atomic E-state index is -3.87. The Labute approximate surface area is 148 Å². The second-order valence-electron chi connectivity index (χ2n) is 6.08. The Bertz CT molecular complexity index is 725. The molecule has 9 heteroatoms. The first-order chi connectivity index (χ1) is 10.9. The van der Waals surface area contributed by atoms with Gasteiger partial charge in [-0.15, -0.1) is 12.4 Å². The third kappa shape index (κ3) is 3.83. The van der Waals surface area contributed by atoms with Crippen molar-refractivity contribution in [3.63, 3.8) is 0 Å². The van der Waals surface area contributed by atoms with Gasteiger partial charge in [-0.2, -0.15) is 0 Å². The number of rotatable bonds is 3. The summed E-state index contributed by atoms with van der Waals surface area (Å²) in [6.45, 7) is 1.27. The van der Waals surface area contributed by atoms with Gasteiger partial charge in [-0.3, -0.25) is 4.79 Å². The quantitative estimate of drug-likeness (QED) is 0.811. The summed E-state index contributed by atoms with van der Waals surface area (Å²) >= 11 is 0. The molecule has 0 aromatic heterocycles. The third-order valence-electron chi connectivity index (χ3n) is 4.54. The Morgan fingerprint density at radius 3 is 2.67 bits per heavy atom. The van der Waals surface area contributed by atoms with Gasteiger partial charge in [0.25, 0.3) is 5.91 Å². The van der Waals surface area contributed by atoms with Crippen LogP contribution in [0.15, 0.2) is 23.1 Å². The summed E-state index contributed by atoms with van der Waals surface area (Å²) in [7, 11) is -2.42. The van der Waals surface area contributed by atoms with Crippen LogP contribution in [0.3, 0.4) is 0 Å². The molecule has 2 aliphatic rings. The van der Waals surface area contributed by atoms with Crippen LogP contribution in [0.25, 0.3) is 0 Å². The van der Waals surface area contributed by atoms with Crippen molar-refractivity contribution in [2.75, 3.05) is 20.2 Å². The van der Waals surface area contributed by atoms with Crippen LogP contribution >= 0.6 is 12.4 Å². The van der Waals surface area contributed by atoms with E-state index in [2.05, 4.69) is 5.32 Å². The molecule has 1 amide bonds. The highest BCUT2D eigenvalue weighted by atomic mass is 35.5. The molecule has 0 aliphatic carbocycles. The number of nitrogens with one attached hydrogen (secondary N) is 1. The summed E-state index contributed by atoms with van der Waals surface area (Å²) in [4.78, 5) is 14.5. The van der Waals surface area contributed by atoms with Crippen molar-refractivity contribution in [1.82, 2.24) is 10.2 Å². The lowest BCUT2D eigenvalue weighted by Gasteiger charge is -2.25. The Balaban J connectivity index is 0.00000208. The van der Waals surface area contributed by atoms with Crippen LogP contribution in [0, 0.1) is 0 Å². The van der Waals surface area contributed by atoms with Crippen LogP contribution in [0.5, 0.6) is 5.75 Å². The Kier molecular flexibility index (Phi) is 5.74. The number of sulfonamides is 1. The van der Waals surface area contributed by atoms with Gasteiger partial charge in [-0.1, -0.05) is 0 Å². The zero-order valence-corrected chi connectivity index (χ0v) is 15.0.